The second-order valence-corrected chi connectivity index (χ2v) is 5.56. The molecule has 82 valence electrons. The van der Waals surface area contributed by atoms with Gasteiger partial charge in [-0.3, -0.25) is 4.79 Å². The van der Waals surface area contributed by atoms with Gasteiger partial charge in [0.05, 0.1) is 0 Å². The Morgan fingerprint density at radius 2 is 2.13 bits per heavy atom. The van der Waals surface area contributed by atoms with Crippen molar-refractivity contribution in [3.05, 3.63) is 35.3 Å². The quantitative estimate of drug-likeness (QED) is 0.544. The molecule has 0 heterocycles. The molecule has 0 spiro atoms. The van der Waals surface area contributed by atoms with Gasteiger partial charge in [0.25, 0.3) is 0 Å². The topological polar surface area (TPSA) is 51.2 Å². The molecule has 0 aromatic carbocycles. The van der Waals surface area contributed by atoms with Crippen LogP contribution in [-0.2, 0) is 14.6 Å². The Morgan fingerprint density at radius 1 is 1.47 bits per heavy atom. The Balaban J connectivity index is 3.06. The average Bonchev–Trinajstić information content (AvgIpc) is 2.15. The lowest BCUT2D eigenvalue weighted by Crippen LogP contribution is -2.12. The van der Waals surface area contributed by atoms with Crippen LogP contribution in [0.4, 0.5) is 0 Å². The van der Waals surface area contributed by atoms with Crippen molar-refractivity contribution in [1.29, 1.82) is 0 Å². The number of rotatable bonds is 3. The summed E-state index contributed by atoms with van der Waals surface area (Å²) in [6.07, 6.45) is 7.20. The first-order valence-electron chi connectivity index (χ1n) is 4.70. The number of allylic oxidation sites excluding steroid dienone is 5. The molecule has 1 aliphatic rings. The van der Waals surface area contributed by atoms with E-state index in [1.165, 1.54) is 12.3 Å². The molecular weight excluding hydrogens is 212 g/mol. The highest BCUT2D eigenvalue weighted by molar-refractivity contribution is 7.94. The molecule has 1 aliphatic carbocycles. The maximum atomic E-state index is 11.4. The second-order valence-electron chi connectivity index (χ2n) is 3.49. The number of carbonyl (C=O) groups excluding carboxylic acids is 1. The Morgan fingerprint density at radius 3 is 2.67 bits per heavy atom. The SMILES string of the molecule is C=CCC=C1C=C(S(C)(=O)=O)CCC1=O. The van der Waals surface area contributed by atoms with Crippen LogP contribution in [0.5, 0.6) is 0 Å². The molecule has 0 atom stereocenters. The molecule has 0 aromatic heterocycles. The molecule has 0 unspecified atom stereocenters. The van der Waals surface area contributed by atoms with Gasteiger partial charge in [0.15, 0.2) is 15.6 Å². The highest BCUT2D eigenvalue weighted by Crippen LogP contribution is 2.23. The third-order valence-corrected chi connectivity index (χ3v) is 3.49. The maximum Gasteiger partial charge on any atom is 0.171 e. The van der Waals surface area contributed by atoms with Crippen molar-refractivity contribution in [3.8, 4) is 0 Å². The molecule has 0 N–H and O–H groups in total. The van der Waals surface area contributed by atoms with E-state index in [1.807, 2.05) is 0 Å². The van der Waals surface area contributed by atoms with Crippen LogP contribution in [0.15, 0.2) is 35.3 Å². The average molecular weight is 226 g/mol. The normalized spacial score (nSPS) is 20.2. The van der Waals surface area contributed by atoms with Gasteiger partial charge < -0.3 is 0 Å². The van der Waals surface area contributed by atoms with Gasteiger partial charge in [-0.2, -0.15) is 0 Å². The molecule has 0 aliphatic heterocycles. The predicted octanol–water partition coefficient (Wildman–Crippen LogP) is 1.78. The monoisotopic (exact) mass is 226 g/mol. The Kier molecular flexibility index (Phi) is 3.63. The molecular formula is C11H14O3S. The first kappa shape index (κ1) is 11.9. The lowest BCUT2D eigenvalue weighted by molar-refractivity contribution is -0.115. The molecule has 0 amide bonds. The fourth-order valence-electron chi connectivity index (χ4n) is 1.38. The third kappa shape index (κ3) is 3.16. The summed E-state index contributed by atoms with van der Waals surface area (Å²) in [5, 5.41) is 0. The summed E-state index contributed by atoms with van der Waals surface area (Å²) < 4.78 is 22.6. The molecule has 15 heavy (non-hydrogen) atoms. The van der Waals surface area contributed by atoms with Crippen LogP contribution in [0, 0.1) is 0 Å². The summed E-state index contributed by atoms with van der Waals surface area (Å²) in [5.74, 6) is 0.00394. The van der Waals surface area contributed by atoms with Crippen LogP contribution in [0.25, 0.3) is 0 Å². The molecule has 4 heteroatoms. The van der Waals surface area contributed by atoms with Crippen molar-refractivity contribution in [2.45, 2.75) is 19.3 Å². The van der Waals surface area contributed by atoms with E-state index in [1.54, 1.807) is 12.2 Å². The van der Waals surface area contributed by atoms with Gasteiger partial charge in [-0.05, 0) is 18.9 Å². The lowest BCUT2D eigenvalue weighted by atomic mass is 9.99. The largest absolute Gasteiger partial charge is 0.294 e. The standard InChI is InChI=1S/C11H14O3S/c1-3-4-5-9-8-10(15(2,13)14)6-7-11(9)12/h3,5,8H,1,4,6-7H2,2H3. The van der Waals surface area contributed by atoms with E-state index in [0.717, 1.165) is 0 Å². The summed E-state index contributed by atoms with van der Waals surface area (Å²) in [7, 11) is -3.17. The third-order valence-electron chi connectivity index (χ3n) is 2.22. The highest BCUT2D eigenvalue weighted by Gasteiger charge is 2.20. The van der Waals surface area contributed by atoms with Gasteiger partial charge in [-0.25, -0.2) is 8.42 Å². The Labute approximate surface area is 90.1 Å². The summed E-state index contributed by atoms with van der Waals surface area (Å²) in [6.45, 7) is 3.54. The van der Waals surface area contributed by atoms with Gasteiger partial charge in [0.2, 0.25) is 0 Å². The molecule has 0 saturated carbocycles. The van der Waals surface area contributed by atoms with Crippen LogP contribution < -0.4 is 0 Å². The van der Waals surface area contributed by atoms with E-state index in [9.17, 15) is 13.2 Å². The van der Waals surface area contributed by atoms with Crippen molar-refractivity contribution in [2.75, 3.05) is 6.26 Å². The van der Waals surface area contributed by atoms with E-state index in [0.29, 0.717) is 23.3 Å². The van der Waals surface area contributed by atoms with E-state index in [2.05, 4.69) is 6.58 Å². The molecule has 0 fully saturated rings. The van der Waals surface area contributed by atoms with Crippen LogP contribution in [0.2, 0.25) is 0 Å². The van der Waals surface area contributed by atoms with E-state index in [-0.39, 0.29) is 12.2 Å². The number of Topliss-reactive ketones (excluding diaryl/α,β-unsaturated/α-hetero) is 1. The number of ketones is 1. The van der Waals surface area contributed by atoms with E-state index >= 15 is 0 Å². The van der Waals surface area contributed by atoms with E-state index in [4.69, 9.17) is 0 Å². The van der Waals surface area contributed by atoms with Gasteiger partial charge in [0.1, 0.15) is 0 Å². The highest BCUT2D eigenvalue weighted by atomic mass is 32.2. The van der Waals surface area contributed by atoms with Crippen LogP contribution in [-0.4, -0.2) is 20.5 Å². The summed E-state index contributed by atoms with van der Waals surface area (Å²) in [4.78, 5) is 11.8. The predicted molar refractivity (Wildman–Crippen MR) is 60.1 cm³/mol. The van der Waals surface area contributed by atoms with Crippen molar-refractivity contribution in [2.24, 2.45) is 0 Å². The van der Waals surface area contributed by atoms with Gasteiger partial charge in [-0.15, -0.1) is 6.58 Å². The molecule has 0 saturated heterocycles. The van der Waals surface area contributed by atoms with Crippen molar-refractivity contribution in [3.63, 3.8) is 0 Å². The second kappa shape index (κ2) is 4.57. The van der Waals surface area contributed by atoms with Crippen molar-refractivity contribution in [1.82, 2.24) is 0 Å². The van der Waals surface area contributed by atoms with Crippen LogP contribution >= 0.6 is 0 Å². The van der Waals surface area contributed by atoms with Gasteiger partial charge in [0, 0.05) is 23.2 Å². The zero-order chi connectivity index (χ0) is 11.5. The summed E-state index contributed by atoms with van der Waals surface area (Å²) in [5.41, 5.74) is 0.488. The minimum atomic E-state index is -3.17. The number of hydrogen-bond acceptors (Lipinski definition) is 3. The smallest absolute Gasteiger partial charge is 0.171 e. The van der Waals surface area contributed by atoms with Gasteiger partial charge >= 0.3 is 0 Å². The first-order valence-corrected chi connectivity index (χ1v) is 6.59. The van der Waals surface area contributed by atoms with Crippen LogP contribution in [0.3, 0.4) is 0 Å². The molecule has 1 rings (SSSR count). The fourth-order valence-corrected chi connectivity index (χ4v) is 2.20. The number of sulfone groups is 1. The summed E-state index contributed by atoms with van der Waals surface area (Å²) >= 11 is 0. The minimum absolute atomic E-state index is 0.00394. The van der Waals surface area contributed by atoms with Crippen molar-refractivity contribution >= 4 is 15.6 Å². The Bertz CT molecular complexity index is 438. The first-order chi connectivity index (χ1) is 6.95. The lowest BCUT2D eigenvalue weighted by Gasteiger charge is -2.12. The fraction of sp³-hybridized carbons (Fsp3) is 0.364. The molecule has 3 nitrogen and oxygen atoms in total. The zero-order valence-electron chi connectivity index (χ0n) is 8.69. The molecule has 0 aromatic rings. The number of hydrogen-bond donors (Lipinski definition) is 0. The number of carbonyl (C=O) groups is 1. The minimum Gasteiger partial charge on any atom is -0.294 e. The molecule has 0 bridgehead atoms. The van der Waals surface area contributed by atoms with Crippen molar-refractivity contribution < 1.29 is 13.2 Å². The summed E-state index contributed by atoms with van der Waals surface area (Å²) in [6, 6.07) is 0. The maximum absolute atomic E-state index is 11.4. The van der Waals surface area contributed by atoms with Crippen LogP contribution in [0.1, 0.15) is 19.3 Å². The Hall–Kier alpha value is -1.16. The zero-order valence-corrected chi connectivity index (χ0v) is 9.51. The van der Waals surface area contributed by atoms with E-state index < -0.39 is 9.84 Å². The van der Waals surface area contributed by atoms with Gasteiger partial charge in [-0.1, -0.05) is 12.2 Å². The molecule has 0 radical (unpaired) electrons.